The predicted octanol–water partition coefficient (Wildman–Crippen LogP) is 3.82. The second-order valence-corrected chi connectivity index (χ2v) is 6.33. The summed E-state index contributed by atoms with van der Waals surface area (Å²) in [6.45, 7) is 7.72. The molecule has 1 fully saturated rings. The van der Waals surface area contributed by atoms with E-state index < -0.39 is 0 Å². The van der Waals surface area contributed by atoms with Gasteiger partial charge in [-0.1, -0.05) is 26.2 Å². The van der Waals surface area contributed by atoms with Crippen molar-refractivity contribution in [2.75, 3.05) is 6.61 Å². The zero-order valence-corrected chi connectivity index (χ0v) is 9.95. The fraction of sp³-hybridized carbons (Fsp3) is 1.00. The summed E-state index contributed by atoms with van der Waals surface area (Å²) in [5.74, 6) is 0. The van der Waals surface area contributed by atoms with Crippen molar-refractivity contribution in [2.45, 2.75) is 63.1 Å². The molecule has 1 atom stereocenters. The van der Waals surface area contributed by atoms with Crippen molar-refractivity contribution in [3.63, 3.8) is 0 Å². The van der Waals surface area contributed by atoms with Gasteiger partial charge in [0.2, 0.25) is 0 Å². The van der Waals surface area contributed by atoms with Gasteiger partial charge in [0.15, 0.2) is 0 Å². The Morgan fingerprint density at radius 1 is 1.31 bits per heavy atom. The lowest BCUT2D eigenvalue weighted by atomic mass is 10.2. The molecule has 1 nitrogen and oxygen atoms in total. The number of rotatable bonds is 5. The standard InChI is InChI=1S/C11H22OS/c1-4-5-6-7-8-10-12-9-11(2,3)13-10/h10H,4-9H2,1-3H3. The maximum absolute atomic E-state index is 5.71. The molecule has 1 aliphatic heterocycles. The first-order chi connectivity index (χ1) is 6.14. The Morgan fingerprint density at radius 2 is 2.08 bits per heavy atom. The van der Waals surface area contributed by atoms with Crippen LogP contribution in [0.4, 0.5) is 0 Å². The number of ether oxygens (including phenoxy) is 1. The second kappa shape index (κ2) is 5.26. The first-order valence-electron chi connectivity index (χ1n) is 5.43. The maximum atomic E-state index is 5.71. The Labute approximate surface area is 86.6 Å². The van der Waals surface area contributed by atoms with E-state index in [2.05, 4.69) is 20.8 Å². The normalized spacial score (nSPS) is 26.5. The van der Waals surface area contributed by atoms with Crippen LogP contribution in [0.15, 0.2) is 0 Å². The molecule has 0 aliphatic carbocycles. The van der Waals surface area contributed by atoms with Crippen molar-refractivity contribution in [1.29, 1.82) is 0 Å². The molecule has 0 radical (unpaired) electrons. The van der Waals surface area contributed by atoms with Crippen molar-refractivity contribution < 1.29 is 4.74 Å². The van der Waals surface area contributed by atoms with Crippen LogP contribution in [0.1, 0.15) is 52.9 Å². The van der Waals surface area contributed by atoms with Gasteiger partial charge in [-0.3, -0.25) is 0 Å². The molecule has 2 heteroatoms. The minimum Gasteiger partial charge on any atom is -0.366 e. The Morgan fingerprint density at radius 3 is 2.62 bits per heavy atom. The van der Waals surface area contributed by atoms with E-state index in [1.54, 1.807) is 0 Å². The van der Waals surface area contributed by atoms with Crippen LogP contribution < -0.4 is 0 Å². The summed E-state index contributed by atoms with van der Waals surface area (Å²) in [5, 5.41) is 0. The predicted molar refractivity (Wildman–Crippen MR) is 60.2 cm³/mol. The number of hydrogen-bond donors (Lipinski definition) is 0. The van der Waals surface area contributed by atoms with Crippen molar-refractivity contribution >= 4 is 11.8 Å². The first kappa shape index (κ1) is 11.4. The fourth-order valence-corrected chi connectivity index (χ4v) is 2.87. The van der Waals surface area contributed by atoms with Gasteiger partial charge in [0.25, 0.3) is 0 Å². The van der Waals surface area contributed by atoms with Gasteiger partial charge in [0.1, 0.15) is 5.44 Å². The van der Waals surface area contributed by atoms with Crippen LogP contribution in [0.3, 0.4) is 0 Å². The quantitative estimate of drug-likeness (QED) is 0.627. The topological polar surface area (TPSA) is 9.23 Å². The maximum Gasteiger partial charge on any atom is 0.103 e. The Hall–Kier alpha value is 0.310. The monoisotopic (exact) mass is 202 g/mol. The lowest BCUT2D eigenvalue weighted by molar-refractivity contribution is 0.115. The average molecular weight is 202 g/mol. The van der Waals surface area contributed by atoms with Gasteiger partial charge in [-0.15, -0.1) is 11.8 Å². The van der Waals surface area contributed by atoms with Gasteiger partial charge in [0.05, 0.1) is 6.61 Å². The zero-order chi connectivity index (χ0) is 9.73. The van der Waals surface area contributed by atoms with Crippen molar-refractivity contribution in [3.05, 3.63) is 0 Å². The van der Waals surface area contributed by atoms with Crippen LogP contribution >= 0.6 is 11.8 Å². The highest BCUT2D eigenvalue weighted by Crippen LogP contribution is 2.38. The molecular formula is C11H22OS. The molecule has 1 rings (SSSR count). The number of thioether (sulfide) groups is 1. The average Bonchev–Trinajstić information content (AvgIpc) is 2.40. The van der Waals surface area contributed by atoms with Gasteiger partial charge in [-0.2, -0.15) is 0 Å². The molecule has 1 heterocycles. The van der Waals surface area contributed by atoms with E-state index in [0.29, 0.717) is 10.2 Å². The molecule has 0 N–H and O–H groups in total. The van der Waals surface area contributed by atoms with Gasteiger partial charge in [-0.05, 0) is 26.7 Å². The van der Waals surface area contributed by atoms with E-state index in [1.165, 1.54) is 32.1 Å². The van der Waals surface area contributed by atoms with Crippen LogP contribution in [0, 0.1) is 0 Å². The molecule has 1 saturated heterocycles. The summed E-state index contributed by atoms with van der Waals surface area (Å²) in [7, 11) is 0. The van der Waals surface area contributed by atoms with E-state index in [-0.39, 0.29) is 0 Å². The third kappa shape index (κ3) is 4.37. The third-order valence-electron chi connectivity index (χ3n) is 2.36. The molecule has 1 unspecified atom stereocenters. The fourth-order valence-electron chi connectivity index (χ4n) is 1.60. The minimum absolute atomic E-state index is 0.357. The van der Waals surface area contributed by atoms with E-state index in [0.717, 1.165) is 6.61 Å². The van der Waals surface area contributed by atoms with Gasteiger partial charge in [-0.25, -0.2) is 0 Å². The van der Waals surface area contributed by atoms with E-state index >= 15 is 0 Å². The van der Waals surface area contributed by atoms with Crippen LogP contribution in [0.2, 0.25) is 0 Å². The molecule has 0 bridgehead atoms. The van der Waals surface area contributed by atoms with Crippen molar-refractivity contribution in [3.8, 4) is 0 Å². The minimum atomic E-state index is 0.357. The second-order valence-electron chi connectivity index (χ2n) is 4.47. The van der Waals surface area contributed by atoms with Crippen LogP contribution in [0.25, 0.3) is 0 Å². The van der Waals surface area contributed by atoms with Gasteiger partial charge >= 0.3 is 0 Å². The molecule has 0 aromatic heterocycles. The van der Waals surface area contributed by atoms with Crippen LogP contribution in [-0.4, -0.2) is 16.8 Å². The highest BCUT2D eigenvalue weighted by molar-refractivity contribution is 8.01. The zero-order valence-electron chi connectivity index (χ0n) is 9.14. The van der Waals surface area contributed by atoms with Crippen LogP contribution in [0.5, 0.6) is 0 Å². The molecule has 0 aromatic rings. The molecule has 0 amide bonds. The molecule has 78 valence electrons. The number of hydrogen-bond acceptors (Lipinski definition) is 2. The summed E-state index contributed by atoms with van der Waals surface area (Å²) in [6, 6.07) is 0. The van der Waals surface area contributed by atoms with E-state index in [4.69, 9.17) is 4.74 Å². The Kier molecular flexibility index (Phi) is 4.60. The lowest BCUT2D eigenvalue weighted by Crippen LogP contribution is -2.13. The van der Waals surface area contributed by atoms with Crippen LogP contribution in [-0.2, 0) is 4.74 Å². The SMILES string of the molecule is CCCCCCC1OCC(C)(C)S1. The van der Waals surface area contributed by atoms with Gasteiger partial charge < -0.3 is 4.74 Å². The van der Waals surface area contributed by atoms with E-state index in [9.17, 15) is 0 Å². The summed E-state index contributed by atoms with van der Waals surface area (Å²) in [6.07, 6.45) is 6.65. The number of unbranched alkanes of at least 4 members (excludes halogenated alkanes) is 3. The first-order valence-corrected chi connectivity index (χ1v) is 6.31. The lowest BCUT2D eigenvalue weighted by Gasteiger charge is -2.13. The molecule has 0 spiro atoms. The summed E-state index contributed by atoms with van der Waals surface area (Å²) >= 11 is 2.00. The Balaban J connectivity index is 2.04. The molecule has 0 aromatic carbocycles. The largest absolute Gasteiger partial charge is 0.366 e. The van der Waals surface area contributed by atoms with E-state index in [1.807, 2.05) is 11.8 Å². The van der Waals surface area contributed by atoms with Crippen molar-refractivity contribution in [2.24, 2.45) is 0 Å². The molecule has 1 aliphatic rings. The van der Waals surface area contributed by atoms with Gasteiger partial charge in [0, 0.05) is 4.75 Å². The summed E-state index contributed by atoms with van der Waals surface area (Å²) in [5.41, 5.74) is 0.479. The smallest absolute Gasteiger partial charge is 0.103 e. The Bertz CT molecular complexity index is 145. The third-order valence-corrected chi connectivity index (χ3v) is 3.75. The summed E-state index contributed by atoms with van der Waals surface area (Å²) < 4.78 is 6.07. The highest BCUT2D eigenvalue weighted by atomic mass is 32.2. The molecular weight excluding hydrogens is 180 g/mol. The van der Waals surface area contributed by atoms with Crippen molar-refractivity contribution in [1.82, 2.24) is 0 Å². The highest BCUT2D eigenvalue weighted by Gasteiger charge is 2.31. The molecule has 0 saturated carbocycles. The summed E-state index contributed by atoms with van der Waals surface area (Å²) in [4.78, 5) is 0. The molecule has 13 heavy (non-hydrogen) atoms.